The normalized spacial score (nSPS) is 18.2. The van der Waals surface area contributed by atoms with Crippen LogP contribution in [0.5, 0.6) is 5.88 Å². The quantitative estimate of drug-likeness (QED) is 0.308. The van der Waals surface area contributed by atoms with E-state index >= 15 is 0 Å². The van der Waals surface area contributed by atoms with Gasteiger partial charge in [0.25, 0.3) is 6.43 Å². The highest BCUT2D eigenvalue weighted by atomic mass is 32.2. The average molecular weight is 627 g/mol. The Bertz CT molecular complexity index is 1920. The van der Waals surface area contributed by atoms with Crippen LogP contribution in [0.15, 0.2) is 41.6 Å². The van der Waals surface area contributed by atoms with Crippen molar-refractivity contribution in [3.05, 3.63) is 76.1 Å². The van der Waals surface area contributed by atoms with Crippen LogP contribution in [-0.2, 0) is 21.4 Å². The number of carboxylic acid groups (broad SMARTS) is 1. The van der Waals surface area contributed by atoms with E-state index in [1.54, 1.807) is 58.2 Å². The fourth-order valence-corrected chi connectivity index (χ4v) is 7.43. The average Bonchev–Trinajstić information content (AvgIpc) is 3.57. The van der Waals surface area contributed by atoms with Crippen LogP contribution < -0.4 is 4.74 Å². The third-order valence-electron chi connectivity index (χ3n) is 8.68. The van der Waals surface area contributed by atoms with Gasteiger partial charge in [-0.2, -0.15) is 4.31 Å². The second kappa shape index (κ2) is 10.3. The van der Waals surface area contributed by atoms with E-state index in [0.29, 0.717) is 40.9 Å². The van der Waals surface area contributed by atoms with Crippen molar-refractivity contribution in [2.75, 3.05) is 6.54 Å². The molecule has 1 unspecified atom stereocenters. The van der Waals surface area contributed by atoms with Crippen molar-refractivity contribution < 1.29 is 31.8 Å². The van der Waals surface area contributed by atoms with Crippen LogP contribution >= 0.6 is 0 Å². The molecule has 1 N–H and O–H groups in total. The molecular formula is C30H32F2N6O5S. The van der Waals surface area contributed by atoms with Crippen molar-refractivity contribution in [1.29, 1.82) is 0 Å². The molecule has 2 aliphatic rings. The molecule has 0 bridgehead atoms. The fourth-order valence-electron chi connectivity index (χ4n) is 5.81. The SMILES string of the molecule is Cc1cnc2c(c1)S(=O)(=O)N(Cc1nc(C(c3ccn4c(C(F)F)nnc4c3C)C(C)(C)C(=O)O)ccc1C)CC1(CC1)O2. The number of alkyl halides is 2. The summed E-state index contributed by atoms with van der Waals surface area (Å²) in [5, 5.41) is 17.9. The van der Waals surface area contributed by atoms with Crippen LogP contribution in [0.2, 0.25) is 0 Å². The number of ether oxygens (including phenoxy) is 1. The Kier molecular flexibility index (Phi) is 7.00. The number of nitrogens with zero attached hydrogens (tertiary/aromatic N) is 6. The van der Waals surface area contributed by atoms with Gasteiger partial charge in [-0.1, -0.05) is 6.07 Å². The highest BCUT2D eigenvalue weighted by molar-refractivity contribution is 7.89. The summed E-state index contributed by atoms with van der Waals surface area (Å²) in [6, 6.07) is 6.65. The number of aromatic nitrogens is 5. The largest absolute Gasteiger partial charge is 0.481 e. The number of aryl methyl sites for hydroxylation is 3. The number of pyridine rings is 3. The van der Waals surface area contributed by atoms with E-state index in [9.17, 15) is 27.1 Å². The number of sulfonamides is 1. The predicted molar refractivity (Wildman–Crippen MR) is 154 cm³/mol. The summed E-state index contributed by atoms with van der Waals surface area (Å²) in [5.74, 6) is -2.36. The van der Waals surface area contributed by atoms with Gasteiger partial charge in [-0.15, -0.1) is 10.2 Å². The van der Waals surface area contributed by atoms with E-state index in [0.717, 1.165) is 5.56 Å². The van der Waals surface area contributed by atoms with Crippen LogP contribution in [0.4, 0.5) is 8.78 Å². The Hall–Kier alpha value is -4.04. The van der Waals surface area contributed by atoms with Gasteiger partial charge in [-0.05, 0) is 87.9 Å². The molecule has 11 nitrogen and oxygen atoms in total. The molecule has 1 saturated carbocycles. The molecule has 232 valence electrons. The first kappa shape index (κ1) is 30.0. The lowest BCUT2D eigenvalue weighted by molar-refractivity contribution is -0.147. The van der Waals surface area contributed by atoms with Gasteiger partial charge >= 0.3 is 5.97 Å². The standard InChI is InChI=1S/C30H32F2N6O5S/c1-16-12-22-27(33-13-16)43-30(9-10-30)15-37(44(22,41)42)14-21-17(2)6-7-20(34-21)23(29(4,5)28(39)40)19-8-11-38-25(18(19)3)35-36-26(38)24(31)32/h6-8,11-13,23-24H,9-10,14-15H2,1-5H3,(H,39,40). The van der Waals surface area contributed by atoms with Gasteiger partial charge in [-0.3, -0.25) is 14.2 Å². The molecule has 5 heterocycles. The lowest BCUT2D eigenvalue weighted by atomic mass is 9.72. The summed E-state index contributed by atoms with van der Waals surface area (Å²) >= 11 is 0. The van der Waals surface area contributed by atoms with Crippen LogP contribution in [0, 0.1) is 26.2 Å². The van der Waals surface area contributed by atoms with Gasteiger partial charge in [-0.25, -0.2) is 22.2 Å². The Balaban J connectivity index is 1.45. The van der Waals surface area contributed by atoms with Crippen molar-refractivity contribution in [2.24, 2.45) is 5.41 Å². The maximum atomic E-state index is 13.9. The van der Waals surface area contributed by atoms with Crippen LogP contribution in [-0.4, -0.2) is 60.5 Å². The van der Waals surface area contributed by atoms with Crippen molar-refractivity contribution in [3.63, 3.8) is 0 Å². The van der Waals surface area contributed by atoms with Crippen LogP contribution in [0.25, 0.3) is 5.65 Å². The number of carbonyl (C=O) groups is 1. The number of hydrogen-bond acceptors (Lipinski definition) is 8. The molecule has 14 heteroatoms. The maximum Gasteiger partial charge on any atom is 0.310 e. The molecule has 0 saturated heterocycles. The number of rotatable bonds is 7. The van der Waals surface area contributed by atoms with Gasteiger partial charge < -0.3 is 9.84 Å². The summed E-state index contributed by atoms with van der Waals surface area (Å²) in [5.41, 5.74) is 1.38. The lowest BCUT2D eigenvalue weighted by Crippen LogP contribution is -2.38. The predicted octanol–water partition coefficient (Wildman–Crippen LogP) is 4.74. The molecule has 44 heavy (non-hydrogen) atoms. The van der Waals surface area contributed by atoms with Crippen LogP contribution in [0.1, 0.15) is 78.5 Å². The van der Waals surface area contributed by atoms with E-state index in [1.807, 2.05) is 6.92 Å². The second-order valence-electron chi connectivity index (χ2n) is 12.3. The van der Waals surface area contributed by atoms with Crippen molar-refractivity contribution >= 4 is 21.6 Å². The molecule has 1 atom stereocenters. The maximum absolute atomic E-state index is 13.9. The Morgan fingerprint density at radius 1 is 1.16 bits per heavy atom. The zero-order chi connectivity index (χ0) is 31.8. The summed E-state index contributed by atoms with van der Waals surface area (Å²) in [6.07, 6.45) is 1.52. The van der Waals surface area contributed by atoms with Crippen LogP contribution in [0.3, 0.4) is 0 Å². The molecule has 6 rings (SSSR count). The minimum absolute atomic E-state index is 0.000344. The molecule has 0 amide bonds. The van der Waals surface area contributed by atoms with Crippen molar-refractivity contribution in [1.82, 2.24) is 28.9 Å². The number of halogens is 2. The van der Waals surface area contributed by atoms with Gasteiger partial charge in [0.2, 0.25) is 21.7 Å². The molecule has 0 aromatic carbocycles. The first-order chi connectivity index (χ1) is 20.6. The topological polar surface area (TPSA) is 140 Å². The first-order valence-corrected chi connectivity index (χ1v) is 15.6. The van der Waals surface area contributed by atoms with E-state index < -0.39 is 45.2 Å². The molecule has 0 radical (unpaired) electrons. The van der Waals surface area contributed by atoms with Gasteiger partial charge in [0.05, 0.1) is 24.2 Å². The van der Waals surface area contributed by atoms with Gasteiger partial charge in [0.15, 0.2) is 5.65 Å². The second-order valence-corrected chi connectivity index (χ2v) is 14.2. The molecule has 4 aromatic heterocycles. The zero-order valence-corrected chi connectivity index (χ0v) is 25.7. The first-order valence-electron chi connectivity index (χ1n) is 14.1. The monoisotopic (exact) mass is 626 g/mol. The molecule has 1 aliphatic heterocycles. The summed E-state index contributed by atoms with van der Waals surface area (Å²) < 4.78 is 63.6. The number of aliphatic carboxylic acids is 1. The van der Waals surface area contributed by atoms with E-state index in [2.05, 4.69) is 15.2 Å². The zero-order valence-electron chi connectivity index (χ0n) is 24.9. The highest BCUT2D eigenvalue weighted by Gasteiger charge is 2.52. The number of carboxylic acids is 1. The molecule has 4 aromatic rings. The van der Waals surface area contributed by atoms with E-state index in [4.69, 9.17) is 9.72 Å². The number of hydrogen-bond donors (Lipinski definition) is 1. The Morgan fingerprint density at radius 2 is 1.89 bits per heavy atom. The molecular weight excluding hydrogens is 594 g/mol. The third kappa shape index (κ3) is 4.89. The summed E-state index contributed by atoms with van der Waals surface area (Å²) in [6.45, 7) is 8.45. The Labute approximate surface area is 253 Å². The lowest BCUT2D eigenvalue weighted by Gasteiger charge is -2.32. The third-order valence-corrected chi connectivity index (χ3v) is 10.5. The number of fused-ring (bicyclic) bond motifs is 2. The Morgan fingerprint density at radius 3 is 2.55 bits per heavy atom. The van der Waals surface area contributed by atoms with E-state index in [1.165, 1.54) is 14.9 Å². The van der Waals surface area contributed by atoms with Crippen molar-refractivity contribution in [2.45, 2.75) is 76.8 Å². The van der Waals surface area contributed by atoms with Gasteiger partial charge in [0, 0.05) is 24.0 Å². The summed E-state index contributed by atoms with van der Waals surface area (Å²) in [7, 11) is -4.02. The fraction of sp³-hybridized carbons (Fsp3) is 0.433. The highest BCUT2D eigenvalue weighted by Crippen LogP contribution is 2.47. The molecule has 1 aliphatic carbocycles. The minimum atomic E-state index is -4.02. The smallest absolute Gasteiger partial charge is 0.310 e. The minimum Gasteiger partial charge on any atom is -0.481 e. The van der Waals surface area contributed by atoms with Gasteiger partial charge in [0.1, 0.15) is 10.5 Å². The molecule has 1 spiro atoms. The van der Waals surface area contributed by atoms with E-state index in [-0.39, 0.29) is 29.5 Å². The van der Waals surface area contributed by atoms with Crippen molar-refractivity contribution in [3.8, 4) is 5.88 Å². The molecule has 1 fully saturated rings. The summed E-state index contributed by atoms with van der Waals surface area (Å²) in [4.78, 5) is 21.8.